The van der Waals surface area contributed by atoms with Crippen molar-refractivity contribution < 1.29 is 23.0 Å². The topological polar surface area (TPSA) is 41.5 Å². The Balaban J connectivity index is 1.72. The molecular formula is C19H18F3NO2S. The minimum Gasteiger partial charge on any atom is -0.508 e. The molecule has 2 N–H and O–H groups in total. The van der Waals surface area contributed by atoms with Crippen LogP contribution in [0.15, 0.2) is 47.4 Å². The molecular weight excluding hydrogens is 363 g/mol. The van der Waals surface area contributed by atoms with Crippen LogP contribution < -0.4 is 5.32 Å². The Bertz CT molecular complexity index is 812. The molecule has 3 unspecified atom stereocenters. The van der Waals surface area contributed by atoms with E-state index >= 15 is 0 Å². The second-order valence-corrected chi connectivity index (χ2v) is 7.75. The van der Waals surface area contributed by atoms with Gasteiger partial charge in [-0.15, -0.1) is 0 Å². The normalized spacial score (nSPS) is 25.1. The number of ether oxygens (including phenoxy) is 1. The highest BCUT2D eigenvalue weighted by Gasteiger charge is 2.40. The first-order valence-corrected chi connectivity index (χ1v) is 9.29. The molecule has 0 saturated carbocycles. The molecule has 0 radical (unpaired) electrons. The molecule has 138 valence electrons. The number of benzene rings is 2. The number of thioether (sulfide) groups is 1. The number of fused-ring (bicyclic) bond motifs is 3. The van der Waals surface area contributed by atoms with E-state index in [-0.39, 0.29) is 40.5 Å². The largest absolute Gasteiger partial charge is 0.508 e. The third-order valence-electron chi connectivity index (χ3n) is 4.90. The molecule has 2 aromatic carbocycles. The van der Waals surface area contributed by atoms with Crippen molar-refractivity contribution in [3.05, 3.63) is 53.6 Å². The SMILES string of the molecule is Oc1cccc(C2Nc3ccc(SC(F)(F)F)cc3C3OCCCC23)c1. The third kappa shape index (κ3) is 3.50. The van der Waals surface area contributed by atoms with E-state index in [0.717, 1.165) is 29.7 Å². The van der Waals surface area contributed by atoms with Crippen LogP contribution in [0, 0.1) is 5.92 Å². The average Bonchev–Trinajstić information content (AvgIpc) is 2.60. The predicted molar refractivity (Wildman–Crippen MR) is 94.2 cm³/mol. The number of hydrogen-bond acceptors (Lipinski definition) is 4. The zero-order chi connectivity index (χ0) is 18.3. The highest BCUT2D eigenvalue weighted by atomic mass is 32.2. The fraction of sp³-hybridized carbons (Fsp3) is 0.368. The monoisotopic (exact) mass is 381 g/mol. The van der Waals surface area contributed by atoms with Crippen LogP contribution >= 0.6 is 11.8 Å². The first-order valence-electron chi connectivity index (χ1n) is 8.47. The number of anilines is 1. The highest BCUT2D eigenvalue weighted by Crippen LogP contribution is 2.50. The fourth-order valence-corrected chi connectivity index (χ4v) is 4.48. The summed E-state index contributed by atoms with van der Waals surface area (Å²) in [6, 6.07) is 11.8. The zero-order valence-corrected chi connectivity index (χ0v) is 14.6. The summed E-state index contributed by atoms with van der Waals surface area (Å²) < 4.78 is 44.1. The number of phenols is 1. The van der Waals surface area contributed by atoms with Crippen molar-refractivity contribution in [1.82, 2.24) is 0 Å². The van der Waals surface area contributed by atoms with Crippen molar-refractivity contribution in [1.29, 1.82) is 0 Å². The quantitative estimate of drug-likeness (QED) is 0.661. The first kappa shape index (κ1) is 17.5. The molecule has 2 aromatic rings. The number of alkyl halides is 3. The van der Waals surface area contributed by atoms with Gasteiger partial charge in [0.1, 0.15) is 5.75 Å². The minimum absolute atomic E-state index is 0.0546. The van der Waals surface area contributed by atoms with Gasteiger partial charge >= 0.3 is 5.51 Å². The summed E-state index contributed by atoms with van der Waals surface area (Å²) in [4.78, 5) is 0.168. The van der Waals surface area contributed by atoms with Gasteiger partial charge < -0.3 is 15.2 Å². The molecule has 1 fully saturated rings. The maximum atomic E-state index is 12.7. The second kappa shape index (κ2) is 6.70. The summed E-state index contributed by atoms with van der Waals surface area (Å²) in [7, 11) is 0. The summed E-state index contributed by atoms with van der Waals surface area (Å²) in [5, 5.41) is 13.3. The number of hydrogen-bond donors (Lipinski definition) is 2. The van der Waals surface area contributed by atoms with E-state index in [0.29, 0.717) is 6.61 Å². The van der Waals surface area contributed by atoms with Crippen molar-refractivity contribution in [2.75, 3.05) is 11.9 Å². The predicted octanol–water partition coefficient (Wildman–Crippen LogP) is 5.64. The third-order valence-corrected chi connectivity index (χ3v) is 5.62. The van der Waals surface area contributed by atoms with E-state index in [9.17, 15) is 18.3 Å². The Labute approximate surface area is 153 Å². The van der Waals surface area contributed by atoms with Gasteiger partial charge in [-0.1, -0.05) is 12.1 Å². The average molecular weight is 381 g/mol. The second-order valence-electron chi connectivity index (χ2n) is 6.61. The van der Waals surface area contributed by atoms with Gasteiger partial charge in [-0.2, -0.15) is 13.2 Å². The zero-order valence-electron chi connectivity index (χ0n) is 13.8. The van der Waals surface area contributed by atoms with E-state index in [1.165, 1.54) is 6.07 Å². The van der Waals surface area contributed by atoms with Gasteiger partial charge in [0.25, 0.3) is 0 Å². The molecule has 26 heavy (non-hydrogen) atoms. The van der Waals surface area contributed by atoms with Gasteiger partial charge in [0.15, 0.2) is 0 Å². The molecule has 0 spiro atoms. The molecule has 0 bridgehead atoms. The lowest BCUT2D eigenvalue weighted by molar-refractivity contribution is -0.0385. The molecule has 1 saturated heterocycles. The highest BCUT2D eigenvalue weighted by molar-refractivity contribution is 8.00. The molecule has 4 rings (SSSR count). The van der Waals surface area contributed by atoms with E-state index in [4.69, 9.17) is 4.74 Å². The van der Waals surface area contributed by atoms with Gasteiger partial charge in [0.05, 0.1) is 12.1 Å². The number of rotatable bonds is 2. The molecule has 0 aliphatic carbocycles. The van der Waals surface area contributed by atoms with Crippen molar-refractivity contribution in [3.8, 4) is 5.75 Å². The first-order chi connectivity index (χ1) is 12.4. The van der Waals surface area contributed by atoms with Crippen LogP contribution in [0.25, 0.3) is 0 Å². The van der Waals surface area contributed by atoms with Crippen LogP contribution in [0.1, 0.15) is 36.1 Å². The summed E-state index contributed by atoms with van der Waals surface area (Å²) in [6.45, 7) is 0.601. The van der Waals surface area contributed by atoms with Crippen molar-refractivity contribution in [2.24, 2.45) is 5.92 Å². The van der Waals surface area contributed by atoms with Crippen LogP contribution in [0.5, 0.6) is 5.75 Å². The van der Waals surface area contributed by atoms with Crippen molar-refractivity contribution in [3.63, 3.8) is 0 Å². The number of halogens is 3. The van der Waals surface area contributed by atoms with E-state index in [2.05, 4.69) is 5.32 Å². The molecule has 2 heterocycles. The minimum atomic E-state index is -4.31. The molecule has 3 atom stereocenters. The lowest BCUT2D eigenvalue weighted by Crippen LogP contribution is -2.36. The number of phenolic OH excluding ortho intramolecular Hbond substituents is 1. The van der Waals surface area contributed by atoms with Gasteiger partial charge in [0, 0.05) is 28.7 Å². The van der Waals surface area contributed by atoms with Crippen LogP contribution in [-0.2, 0) is 4.74 Å². The fourth-order valence-electron chi connectivity index (χ4n) is 3.89. The number of aromatic hydroxyl groups is 1. The molecule has 3 nitrogen and oxygen atoms in total. The number of nitrogens with one attached hydrogen (secondary N) is 1. The Morgan fingerprint density at radius 3 is 2.77 bits per heavy atom. The van der Waals surface area contributed by atoms with Crippen molar-refractivity contribution >= 4 is 17.4 Å². The summed E-state index contributed by atoms with van der Waals surface area (Å²) >= 11 is -0.104. The Morgan fingerprint density at radius 1 is 1.15 bits per heavy atom. The lowest BCUT2D eigenvalue weighted by atomic mass is 9.77. The van der Waals surface area contributed by atoms with Crippen LogP contribution in [0.2, 0.25) is 0 Å². The molecule has 0 aromatic heterocycles. The van der Waals surface area contributed by atoms with Gasteiger partial charge in [-0.25, -0.2) is 0 Å². The lowest BCUT2D eigenvalue weighted by Gasteiger charge is -2.43. The van der Waals surface area contributed by atoms with Gasteiger partial charge in [-0.05, 0) is 60.5 Å². The van der Waals surface area contributed by atoms with Crippen LogP contribution in [-0.4, -0.2) is 17.2 Å². The molecule has 2 aliphatic heterocycles. The summed E-state index contributed by atoms with van der Waals surface area (Å²) in [6.07, 6.45) is 1.57. The van der Waals surface area contributed by atoms with Gasteiger partial charge in [0.2, 0.25) is 0 Å². The summed E-state index contributed by atoms with van der Waals surface area (Å²) in [5.74, 6) is 0.296. The maximum Gasteiger partial charge on any atom is 0.446 e. The van der Waals surface area contributed by atoms with E-state index in [1.807, 2.05) is 6.07 Å². The molecule has 0 amide bonds. The van der Waals surface area contributed by atoms with Crippen LogP contribution in [0.4, 0.5) is 18.9 Å². The standard InChI is InChI=1S/C19H18F3NO2S/c20-19(21,22)26-13-6-7-16-15(10-13)18-14(5-2-8-25-18)17(23-16)11-3-1-4-12(24)9-11/h1,3-4,6-7,9-10,14,17-18,23-24H,2,5,8H2. The Kier molecular flexibility index (Phi) is 4.52. The van der Waals surface area contributed by atoms with Crippen molar-refractivity contribution in [2.45, 2.75) is 35.4 Å². The maximum absolute atomic E-state index is 12.7. The summed E-state index contributed by atoms with van der Waals surface area (Å²) in [5.41, 5.74) is -1.80. The molecule has 2 aliphatic rings. The Morgan fingerprint density at radius 2 is 2.00 bits per heavy atom. The van der Waals surface area contributed by atoms with E-state index < -0.39 is 5.51 Å². The van der Waals surface area contributed by atoms with Gasteiger partial charge in [-0.3, -0.25) is 0 Å². The smallest absolute Gasteiger partial charge is 0.446 e. The van der Waals surface area contributed by atoms with E-state index in [1.54, 1.807) is 30.3 Å². The Hall–Kier alpha value is -1.86. The molecule has 7 heteroatoms. The van der Waals surface area contributed by atoms with Crippen LogP contribution in [0.3, 0.4) is 0 Å².